The van der Waals surface area contributed by atoms with E-state index in [4.69, 9.17) is 0 Å². The van der Waals surface area contributed by atoms with Gasteiger partial charge in [-0.25, -0.2) is 4.39 Å². The molecule has 0 aromatic heterocycles. The van der Waals surface area contributed by atoms with Crippen molar-refractivity contribution in [3.63, 3.8) is 0 Å². The highest BCUT2D eigenvalue weighted by molar-refractivity contribution is 9.09. The summed E-state index contributed by atoms with van der Waals surface area (Å²) >= 11 is 3.17. The van der Waals surface area contributed by atoms with E-state index in [1.807, 2.05) is 0 Å². The van der Waals surface area contributed by atoms with Crippen molar-refractivity contribution in [2.75, 3.05) is 18.5 Å². The van der Waals surface area contributed by atoms with Crippen molar-refractivity contribution in [3.8, 4) is 0 Å². The number of rotatable bonds is 5. The third-order valence-electron chi connectivity index (χ3n) is 2.09. The average Bonchev–Trinajstić information content (AvgIpc) is 2.23. The van der Waals surface area contributed by atoms with E-state index in [1.165, 1.54) is 18.2 Å². The first-order valence-corrected chi connectivity index (χ1v) is 6.00. The van der Waals surface area contributed by atoms with Gasteiger partial charge < -0.3 is 4.74 Å². The number of hydrogen-bond acceptors (Lipinski definition) is 1. The summed E-state index contributed by atoms with van der Waals surface area (Å²) in [6.07, 6.45) is -4.33. The van der Waals surface area contributed by atoms with Crippen LogP contribution in [0.2, 0.25) is 0 Å². The third kappa shape index (κ3) is 5.50. The van der Waals surface area contributed by atoms with Crippen molar-refractivity contribution >= 4 is 15.9 Å². The van der Waals surface area contributed by atoms with Crippen LogP contribution in [0.3, 0.4) is 0 Å². The number of hydrogen-bond donors (Lipinski definition) is 0. The van der Waals surface area contributed by atoms with Gasteiger partial charge in [0.05, 0.1) is 6.61 Å². The summed E-state index contributed by atoms with van der Waals surface area (Å²) < 4.78 is 53.1. The van der Waals surface area contributed by atoms with Crippen LogP contribution < -0.4 is 0 Å². The fourth-order valence-electron chi connectivity index (χ4n) is 1.31. The number of ether oxygens (including phenoxy) is 1. The fourth-order valence-corrected chi connectivity index (χ4v) is 1.87. The summed E-state index contributed by atoms with van der Waals surface area (Å²) in [5.41, 5.74) is 0.615. The van der Waals surface area contributed by atoms with Crippen LogP contribution in [-0.4, -0.2) is 24.7 Å². The second kappa shape index (κ2) is 6.35. The first kappa shape index (κ1) is 14.4. The molecule has 0 aliphatic carbocycles. The summed E-state index contributed by atoms with van der Waals surface area (Å²) in [6.45, 7) is -1.39. The molecule has 1 aromatic carbocycles. The molecule has 0 aliphatic heterocycles. The van der Waals surface area contributed by atoms with E-state index in [-0.39, 0.29) is 12.5 Å². The quantitative estimate of drug-likeness (QED) is 0.592. The van der Waals surface area contributed by atoms with Gasteiger partial charge in [-0.15, -0.1) is 0 Å². The van der Waals surface area contributed by atoms with Crippen molar-refractivity contribution in [3.05, 3.63) is 35.6 Å². The zero-order valence-electron chi connectivity index (χ0n) is 8.81. The summed E-state index contributed by atoms with van der Waals surface area (Å²) in [5.74, 6) is -0.711. The summed E-state index contributed by atoms with van der Waals surface area (Å²) in [5, 5.41) is 0.411. The monoisotopic (exact) mass is 314 g/mol. The van der Waals surface area contributed by atoms with Crippen LogP contribution in [-0.2, 0) is 4.74 Å². The van der Waals surface area contributed by atoms with Gasteiger partial charge in [-0.1, -0.05) is 28.1 Å². The molecule has 0 radical (unpaired) electrons. The Labute approximate surface area is 105 Å². The second-order valence-electron chi connectivity index (χ2n) is 3.54. The molecule has 6 heteroatoms. The Morgan fingerprint density at radius 2 is 2.00 bits per heavy atom. The van der Waals surface area contributed by atoms with Crippen molar-refractivity contribution in [1.29, 1.82) is 0 Å². The van der Waals surface area contributed by atoms with Gasteiger partial charge in [-0.2, -0.15) is 13.2 Å². The van der Waals surface area contributed by atoms with Gasteiger partial charge in [0.2, 0.25) is 0 Å². The Kier molecular flexibility index (Phi) is 5.39. The molecular weight excluding hydrogens is 304 g/mol. The smallest absolute Gasteiger partial charge is 0.371 e. The molecule has 17 heavy (non-hydrogen) atoms. The Balaban J connectivity index is 2.54. The Morgan fingerprint density at radius 3 is 2.53 bits per heavy atom. The Bertz CT molecular complexity index is 354. The molecule has 0 heterocycles. The van der Waals surface area contributed by atoms with Crippen LogP contribution in [0.1, 0.15) is 11.5 Å². The summed E-state index contributed by atoms with van der Waals surface area (Å²) in [7, 11) is 0. The second-order valence-corrected chi connectivity index (χ2v) is 4.18. The van der Waals surface area contributed by atoms with Crippen LogP contribution in [0.15, 0.2) is 24.3 Å². The van der Waals surface area contributed by atoms with E-state index in [0.29, 0.717) is 10.9 Å². The van der Waals surface area contributed by atoms with Crippen LogP contribution in [0.25, 0.3) is 0 Å². The molecular formula is C11H11BrF4O. The van der Waals surface area contributed by atoms with Crippen LogP contribution in [0.4, 0.5) is 17.6 Å². The summed E-state index contributed by atoms with van der Waals surface area (Å²) in [4.78, 5) is 0. The van der Waals surface area contributed by atoms with E-state index < -0.39 is 18.6 Å². The third-order valence-corrected chi connectivity index (χ3v) is 2.87. The van der Waals surface area contributed by atoms with Gasteiger partial charge in [-0.05, 0) is 17.7 Å². The van der Waals surface area contributed by atoms with Crippen molar-refractivity contribution in [2.45, 2.75) is 12.1 Å². The lowest BCUT2D eigenvalue weighted by Gasteiger charge is -2.15. The van der Waals surface area contributed by atoms with Gasteiger partial charge >= 0.3 is 6.18 Å². The Morgan fingerprint density at radius 1 is 1.29 bits per heavy atom. The van der Waals surface area contributed by atoms with E-state index in [9.17, 15) is 17.6 Å². The molecule has 0 aliphatic rings. The molecule has 1 nitrogen and oxygen atoms in total. The molecule has 1 aromatic rings. The minimum absolute atomic E-state index is 0.103. The minimum atomic E-state index is -4.33. The zero-order chi connectivity index (χ0) is 12.9. The molecule has 96 valence electrons. The molecule has 0 spiro atoms. The molecule has 0 saturated heterocycles. The maximum absolute atomic E-state index is 12.9. The molecule has 1 rings (SSSR count). The van der Waals surface area contributed by atoms with Crippen molar-refractivity contribution in [1.82, 2.24) is 0 Å². The predicted molar refractivity (Wildman–Crippen MR) is 59.8 cm³/mol. The molecule has 0 N–H and O–H groups in total. The zero-order valence-corrected chi connectivity index (χ0v) is 10.4. The van der Waals surface area contributed by atoms with Crippen molar-refractivity contribution < 1.29 is 22.3 Å². The van der Waals surface area contributed by atoms with Gasteiger partial charge in [0.25, 0.3) is 0 Å². The van der Waals surface area contributed by atoms with Crippen LogP contribution in [0.5, 0.6) is 0 Å². The highest BCUT2D eigenvalue weighted by atomic mass is 79.9. The number of alkyl halides is 4. The van der Waals surface area contributed by atoms with E-state index >= 15 is 0 Å². The molecule has 0 amide bonds. The minimum Gasteiger partial charge on any atom is -0.371 e. The van der Waals surface area contributed by atoms with Gasteiger partial charge in [-0.3, -0.25) is 0 Å². The molecule has 1 atom stereocenters. The lowest BCUT2D eigenvalue weighted by Crippen LogP contribution is -2.20. The number of benzene rings is 1. The highest BCUT2D eigenvalue weighted by Gasteiger charge is 2.28. The lowest BCUT2D eigenvalue weighted by molar-refractivity contribution is -0.174. The Hall–Kier alpha value is -0.620. The highest BCUT2D eigenvalue weighted by Crippen LogP contribution is 2.21. The summed E-state index contributed by atoms with van der Waals surface area (Å²) in [6, 6.07) is 5.75. The maximum Gasteiger partial charge on any atom is 0.411 e. The van der Waals surface area contributed by atoms with Gasteiger partial charge in [0.1, 0.15) is 12.4 Å². The topological polar surface area (TPSA) is 9.23 Å². The standard InChI is InChI=1S/C11H11BrF4O/c12-5-9(6-17-7-11(14,15)16)8-2-1-3-10(13)4-8/h1-4,9H,5-7H2. The van der Waals surface area contributed by atoms with Crippen LogP contribution in [0, 0.1) is 5.82 Å². The SMILES string of the molecule is Fc1cccc(C(CBr)COCC(F)(F)F)c1. The fraction of sp³-hybridized carbons (Fsp3) is 0.455. The number of halogens is 5. The molecule has 0 fully saturated rings. The first-order chi connectivity index (χ1) is 7.92. The largest absolute Gasteiger partial charge is 0.411 e. The first-order valence-electron chi connectivity index (χ1n) is 4.88. The normalized spacial score (nSPS) is 13.7. The van der Waals surface area contributed by atoms with Crippen molar-refractivity contribution in [2.24, 2.45) is 0 Å². The lowest BCUT2D eigenvalue weighted by atomic mass is 10.0. The molecule has 1 unspecified atom stereocenters. The predicted octanol–water partition coefficient (Wildman–Crippen LogP) is 3.88. The van der Waals surface area contributed by atoms with E-state index in [2.05, 4.69) is 20.7 Å². The molecule has 0 bridgehead atoms. The van der Waals surface area contributed by atoms with Crippen LogP contribution >= 0.6 is 15.9 Å². The van der Waals surface area contributed by atoms with E-state index in [0.717, 1.165) is 0 Å². The average molecular weight is 315 g/mol. The maximum atomic E-state index is 12.9. The molecule has 0 saturated carbocycles. The van der Waals surface area contributed by atoms with E-state index in [1.54, 1.807) is 6.07 Å². The van der Waals surface area contributed by atoms with Gasteiger partial charge in [0, 0.05) is 11.2 Å². The van der Waals surface area contributed by atoms with Gasteiger partial charge in [0.15, 0.2) is 0 Å².